The number of hydrogen-bond acceptors (Lipinski definition) is 4. The van der Waals surface area contributed by atoms with E-state index in [1.165, 1.54) is 0 Å². The zero-order valence-electron chi connectivity index (χ0n) is 15.2. The van der Waals surface area contributed by atoms with Crippen molar-refractivity contribution in [3.8, 4) is 5.75 Å². The fourth-order valence-corrected chi connectivity index (χ4v) is 3.18. The summed E-state index contributed by atoms with van der Waals surface area (Å²) in [6.45, 7) is 2.69. The van der Waals surface area contributed by atoms with Crippen LogP contribution < -0.4 is 15.0 Å². The Hall–Kier alpha value is -2.73. The Kier molecular flexibility index (Phi) is 6.19. The molecule has 0 bridgehead atoms. The Balaban J connectivity index is 1.47. The number of anilines is 1. The number of carbonyl (C=O) groups is 2. The smallest absolute Gasteiger partial charge is 0.251 e. The Labute approximate surface area is 163 Å². The van der Waals surface area contributed by atoms with Crippen LogP contribution in [0.1, 0.15) is 10.4 Å². The van der Waals surface area contributed by atoms with Crippen molar-refractivity contribution in [3.63, 3.8) is 0 Å². The van der Waals surface area contributed by atoms with Crippen molar-refractivity contribution in [2.24, 2.45) is 0 Å². The molecule has 0 radical (unpaired) electrons. The number of carbonyl (C=O) groups excluding carboxylic acids is 2. The van der Waals surface area contributed by atoms with Gasteiger partial charge in [0.25, 0.3) is 5.91 Å². The number of hydrogen-bond donors (Lipinski definition) is 1. The van der Waals surface area contributed by atoms with Crippen LogP contribution in [-0.4, -0.2) is 56.5 Å². The van der Waals surface area contributed by atoms with E-state index in [0.29, 0.717) is 29.4 Å². The van der Waals surface area contributed by atoms with Crippen LogP contribution in [0, 0.1) is 0 Å². The van der Waals surface area contributed by atoms with Crippen LogP contribution in [-0.2, 0) is 4.79 Å². The first-order valence-corrected chi connectivity index (χ1v) is 9.15. The average molecular weight is 388 g/mol. The van der Waals surface area contributed by atoms with Crippen LogP contribution in [0.3, 0.4) is 0 Å². The standard InChI is InChI=1S/C20H22ClN3O3/c1-27-18-7-5-15(6-8-18)20(26)22-14-19(25)24-11-9-23(10-12-24)17-4-2-3-16(21)13-17/h2-8,13H,9-12,14H2,1H3,(H,22,26). The molecule has 1 saturated heterocycles. The molecule has 1 aliphatic heterocycles. The number of rotatable bonds is 5. The Morgan fingerprint density at radius 1 is 1.07 bits per heavy atom. The maximum absolute atomic E-state index is 12.4. The predicted octanol–water partition coefficient (Wildman–Crippen LogP) is 2.43. The van der Waals surface area contributed by atoms with Crippen LogP contribution in [0.5, 0.6) is 5.75 Å². The van der Waals surface area contributed by atoms with Gasteiger partial charge in [-0.15, -0.1) is 0 Å². The Bertz CT molecular complexity index is 802. The van der Waals surface area contributed by atoms with E-state index in [1.807, 2.05) is 24.3 Å². The van der Waals surface area contributed by atoms with Crippen LogP contribution in [0.4, 0.5) is 5.69 Å². The zero-order chi connectivity index (χ0) is 19.2. The maximum atomic E-state index is 12.4. The molecule has 1 fully saturated rings. The highest BCUT2D eigenvalue weighted by Crippen LogP contribution is 2.20. The molecule has 27 heavy (non-hydrogen) atoms. The number of halogens is 1. The quantitative estimate of drug-likeness (QED) is 0.856. The summed E-state index contributed by atoms with van der Waals surface area (Å²) in [4.78, 5) is 28.5. The maximum Gasteiger partial charge on any atom is 0.251 e. The van der Waals surface area contributed by atoms with E-state index in [-0.39, 0.29) is 18.4 Å². The monoisotopic (exact) mass is 387 g/mol. The van der Waals surface area contributed by atoms with Crippen molar-refractivity contribution >= 4 is 29.1 Å². The first-order valence-electron chi connectivity index (χ1n) is 8.77. The van der Waals surface area contributed by atoms with Gasteiger partial charge in [0.05, 0.1) is 13.7 Å². The molecule has 0 aliphatic carbocycles. The third-order valence-electron chi connectivity index (χ3n) is 4.56. The van der Waals surface area contributed by atoms with E-state index < -0.39 is 0 Å². The molecular weight excluding hydrogens is 366 g/mol. The molecule has 7 heteroatoms. The molecule has 2 amide bonds. The minimum atomic E-state index is -0.274. The second kappa shape index (κ2) is 8.77. The summed E-state index contributed by atoms with van der Waals surface area (Å²) in [6.07, 6.45) is 0. The highest BCUT2D eigenvalue weighted by molar-refractivity contribution is 6.30. The van der Waals surface area contributed by atoms with Gasteiger partial charge in [-0.3, -0.25) is 9.59 Å². The molecule has 0 aromatic heterocycles. The number of nitrogens with one attached hydrogen (secondary N) is 1. The summed E-state index contributed by atoms with van der Waals surface area (Å²) >= 11 is 6.04. The summed E-state index contributed by atoms with van der Waals surface area (Å²) in [5, 5.41) is 3.38. The van der Waals surface area contributed by atoms with E-state index >= 15 is 0 Å². The van der Waals surface area contributed by atoms with Crippen molar-refractivity contribution in [3.05, 3.63) is 59.1 Å². The second-order valence-corrected chi connectivity index (χ2v) is 6.70. The average Bonchev–Trinajstić information content (AvgIpc) is 2.72. The molecule has 6 nitrogen and oxygen atoms in total. The molecule has 2 aromatic rings. The zero-order valence-corrected chi connectivity index (χ0v) is 15.9. The van der Waals surface area contributed by atoms with E-state index in [9.17, 15) is 9.59 Å². The lowest BCUT2D eigenvalue weighted by atomic mass is 10.2. The van der Waals surface area contributed by atoms with Crippen LogP contribution in [0.2, 0.25) is 5.02 Å². The molecule has 1 N–H and O–H groups in total. The van der Waals surface area contributed by atoms with Crippen molar-refractivity contribution in [1.82, 2.24) is 10.2 Å². The van der Waals surface area contributed by atoms with Crippen LogP contribution in [0.25, 0.3) is 0 Å². The van der Waals surface area contributed by atoms with Gasteiger partial charge in [0.1, 0.15) is 5.75 Å². The largest absolute Gasteiger partial charge is 0.497 e. The van der Waals surface area contributed by atoms with E-state index in [2.05, 4.69) is 10.2 Å². The number of methoxy groups -OCH3 is 1. The van der Waals surface area contributed by atoms with E-state index in [1.54, 1.807) is 36.3 Å². The number of amides is 2. The summed E-state index contributed by atoms with van der Waals surface area (Å²) in [7, 11) is 1.57. The van der Waals surface area contributed by atoms with Crippen molar-refractivity contribution in [2.45, 2.75) is 0 Å². The molecule has 0 saturated carbocycles. The molecule has 0 unspecified atom stereocenters. The van der Waals surface area contributed by atoms with Gasteiger partial charge in [-0.25, -0.2) is 0 Å². The molecule has 1 aliphatic rings. The highest BCUT2D eigenvalue weighted by atomic mass is 35.5. The topological polar surface area (TPSA) is 61.9 Å². The van der Waals surface area contributed by atoms with E-state index in [4.69, 9.17) is 16.3 Å². The molecule has 3 rings (SSSR count). The second-order valence-electron chi connectivity index (χ2n) is 6.26. The van der Waals surface area contributed by atoms with E-state index in [0.717, 1.165) is 18.8 Å². The highest BCUT2D eigenvalue weighted by Gasteiger charge is 2.21. The van der Waals surface area contributed by atoms with Crippen molar-refractivity contribution in [1.29, 1.82) is 0 Å². The number of piperazine rings is 1. The molecule has 1 heterocycles. The van der Waals surface area contributed by atoms with Gasteiger partial charge in [0.2, 0.25) is 5.91 Å². The van der Waals surface area contributed by atoms with Gasteiger partial charge in [-0.1, -0.05) is 17.7 Å². The number of ether oxygens (including phenoxy) is 1. The minimum absolute atomic E-state index is 0.0119. The lowest BCUT2D eigenvalue weighted by Gasteiger charge is -2.36. The summed E-state index contributed by atoms with van der Waals surface area (Å²) in [6, 6.07) is 14.5. The number of nitrogens with zero attached hydrogens (tertiary/aromatic N) is 2. The number of benzene rings is 2. The predicted molar refractivity (Wildman–Crippen MR) is 106 cm³/mol. The van der Waals surface area contributed by atoms with Crippen LogP contribution in [0.15, 0.2) is 48.5 Å². The van der Waals surface area contributed by atoms with Crippen LogP contribution >= 0.6 is 11.6 Å². The molecule has 0 spiro atoms. The Morgan fingerprint density at radius 3 is 2.41 bits per heavy atom. The molecule has 2 aromatic carbocycles. The third kappa shape index (κ3) is 4.92. The molecular formula is C20H22ClN3O3. The lowest BCUT2D eigenvalue weighted by Crippen LogP contribution is -2.51. The van der Waals surface area contributed by atoms with Gasteiger partial charge in [-0.05, 0) is 42.5 Å². The van der Waals surface area contributed by atoms with Gasteiger partial charge in [-0.2, -0.15) is 0 Å². The Morgan fingerprint density at radius 2 is 1.78 bits per heavy atom. The third-order valence-corrected chi connectivity index (χ3v) is 4.79. The first-order chi connectivity index (χ1) is 13.1. The SMILES string of the molecule is COc1ccc(C(=O)NCC(=O)N2CCN(c3cccc(Cl)c3)CC2)cc1. The summed E-state index contributed by atoms with van der Waals surface area (Å²) in [5.74, 6) is 0.325. The normalized spacial score (nSPS) is 14.0. The fourth-order valence-electron chi connectivity index (χ4n) is 3.00. The van der Waals surface area contributed by atoms with Gasteiger partial charge in [0.15, 0.2) is 0 Å². The molecule has 0 atom stereocenters. The minimum Gasteiger partial charge on any atom is -0.497 e. The van der Waals surface area contributed by atoms with Crippen molar-refractivity contribution in [2.75, 3.05) is 44.7 Å². The molecule has 142 valence electrons. The van der Waals surface area contributed by atoms with Gasteiger partial charge < -0.3 is 19.9 Å². The first kappa shape index (κ1) is 19.0. The lowest BCUT2D eigenvalue weighted by molar-refractivity contribution is -0.130. The van der Waals surface area contributed by atoms with Gasteiger partial charge >= 0.3 is 0 Å². The van der Waals surface area contributed by atoms with Crippen molar-refractivity contribution < 1.29 is 14.3 Å². The van der Waals surface area contributed by atoms with Gasteiger partial charge in [0, 0.05) is 42.5 Å². The fraction of sp³-hybridized carbons (Fsp3) is 0.300. The summed E-state index contributed by atoms with van der Waals surface area (Å²) in [5.41, 5.74) is 1.55. The summed E-state index contributed by atoms with van der Waals surface area (Å²) < 4.78 is 5.07.